The largest absolute Gasteiger partial charge is 0.478 e. The normalized spacial score (nSPS) is 13.3. The quantitative estimate of drug-likeness (QED) is 0.351. The van der Waals surface area contributed by atoms with Crippen LogP contribution in [0.5, 0.6) is 0 Å². The maximum atomic E-state index is 13.2. The summed E-state index contributed by atoms with van der Waals surface area (Å²) in [6.07, 6.45) is 1.00. The van der Waals surface area contributed by atoms with E-state index in [-0.39, 0.29) is 5.56 Å². The molecule has 1 aliphatic heterocycles. The number of amides is 1. The Hall–Kier alpha value is -4.40. The van der Waals surface area contributed by atoms with E-state index in [0.29, 0.717) is 48.0 Å². The Bertz CT molecular complexity index is 1520. The van der Waals surface area contributed by atoms with Crippen LogP contribution in [0, 0.1) is 6.92 Å². The van der Waals surface area contributed by atoms with Gasteiger partial charge in [-0.25, -0.2) is 9.59 Å². The highest BCUT2D eigenvalue weighted by Crippen LogP contribution is 2.34. The zero-order valence-electron chi connectivity index (χ0n) is 22.0. The number of carboxylic acid groups (broad SMARTS) is 1. The fraction of sp³-hybridized carbons (Fsp3) is 0.310. The van der Waals surface area contributed by atoms with Gasteiger partial charge in [0.15, 0.2) is 0 Å². The molecule has 1 amide bonds. The van der Waals surface area contributed by atoms with Crippen molar-refractivity contribution in [1.82, 2.24) is 14.5 Å². The van der Waals surface area contributed by atoms with Crippen LogP contribution in [-0.2, 0) is 17.7 Å². The molecule has 196 valence electrons. The summed E-state index contributed by atoms with van der Waals surface area (Å²) in [5.74, 6) is 0.490. The first-order valence-corrected chi connectivity index (χ1v) is 12.7. The summed E-state index contributed by atoms with van der Waals surface area (Å²) in [7, 11) is 0. The number of hydrogen-bond donors (Lipinski definition) is 2. The summed E-state index contributed by atoms with van der Waals surface area (Å²) in [4.78, 5) is 36.4. The molecule has 1 aliphatic rings. The van der Waals surface area contributed by atoms with Gasteiger partial charge >= 0.3 is 12.1 Å². The second-order valence-corrected chi connectivity index (χ2v) is 10.4. The SMILES string of the molecule is Cc1cc2c(C(=O)O)cccc2n1-c1nc(NCc2ccccc2)c2c(n1)N(C(=O)OC(C)(C)C)CCC2. The van der Waals surface area contributed by atoms with Gasteiger partial charge in [-0.05, 0) is 64.3 Å². The summed E-state index contributed by atoms with van der Waals surface area (Å²) >= 11 is 0. The molecule has 5 rings (SSSR count). The number of aryl methyl sites for hydroxylation is 1. The third-order valence-corrected chi connectivity index (χ3v) is 6.41. The van der Waals surface area contributed by atoms with E-state index in [9.17, 15) is 14.7 Å². The highest BCUT2D eigenvalue weighted by molar-refractivity contribution is 6.03. The molecule has 0 unspecified atom stereocenters. The molecule has 0 atom stereocenters. The third kappa shape index (κ3) is 4.91. The molecule has 2 N–H and O–H groups in total. The van der Waals surface area contributed by atoms with E-state index in [2.05, 4.69) is 5.32 Å². The molecule has 0 bridgehead atoms. The van der Waals surface area contributed by atoms with Gasteiger partial charge in [-0.3, -0.25) is 9.47 Å². The van der Waals surface area contributed by atoms with Crippen LogP contribution in [0.25, 0.3) is 16.9 Å². The summed E-state index contributed by atoms with van der Waals surface area (Å²) < 4.78 is 7.53. The van der Waals surface area contributed by atoms with Gasteiger partial charge < -0.3 is 15.2 Å². The van der Waals surface area contributed by atoms with Crippen molar-refractivity contribution in [2.24, 2.45) is 0 Å². The van der Waals surface area contributed by atoms with Crippen molar-refractivity contribution < 1.29 is 19.4 Å². The van der Waals surface area contributed by atoms with E-state index in [1.807, 2.05) is 74.7 Å². The highest BCUT2D eigenvalue weighted by atomic mass is 16.6. The number of aromatic carboxylic acids is 1. The maximum absolute atomic E-state index is 13.2. The molecule has 3 heterocycles. The van der Waals surface area contributed by atoms with Crippen LogP contribution in [0.4, 0.5) is 16.4 Å². The number of rotatable bonds is 5. The maximum Gasteiger partial charge on any atom is 0.416 e. The first-order chi connectivity index (χ1) is 18.1. The lowest BCUT2D eigenvalue weighted by atomic mass is 10.1. The van der Waals surface area contributed by atoms with E-state index in [1.54, 1.807) is 17.0 Å². The fourth-order valence-corrected chi connectivity index (χ4v) is 4.77. The van der Waals surface area contributed by atoms with E-state index in [4.69, 9.17) is 14.7 Å². The first-order valence-electron chi connectivity index (χ1n) is 12.7. The first kappa shape index (κ1) is 25.3. The molecule has 0 aliphatic carbocycles. The van der Waals surface area contributed by atoms with Gasteiger partial charge in [0.1, 0.15) is 17.2 Å². The van der Waals surface area contributed by atoms with Crippen LogP contribution in [0.15, 0.2) is 54.6 Å². The molecule has 0 radical (unpaired) electrons. The smallest absolute Gasteiger partial charge is 0.416 e. The number of carboxylic acids is 1. The van der Waals surface area contributed by atoms with E-state index < -0.39 is 17.7 Å². The summed E-state index contributed by atoms with van der Waals surface area (Å²) in [6, 6.07) is 17.0. The number of nitrogens with one attached hydrogen (secondary N) is 1. The fourth-order valence-electron chi connectivity index (χ4n) is 4.77. The van der Waals surface area contributed by atoms with Crippen molar-refractivity contribution in [3.05, 3.63) is 77.0 Å². The number of carbonyl (C=O) groups excluding carboxylic acids is 1. The number of carbonyl (C=O) groups is 2. The lowest BCUT2D eigenvalue weighted by molar-refractivity contribution is 0.0575. The van der Waals surface area contributed by atoms with Crippen molar-refractivity contribution >= 4 is 34.6 Å². The number of aromatic nitrogens is 3. The molecule has 38 heavy (non-hydrogen) atoms. The number of nitrogens with zero attached hydrogens (tertiary/aromatic N) is 4. The van der Waals surface area contributed by atoms with E-state index >= 15 is 0 Å². The van der Waals surface area contributed by atoms with Crippen LogP contribution in [0.3, 0.4) is 0 Å². The van der Waals surface area contributed by atoms with Gasteiger partial charge in [0.2, 0.25) is 5.95 Å². The van der Waals surface area contributed by atoms with Crippen LogP contribution in [0.1, 0.15) is 54.4 Å². The minimum atomic E-state index is -1.000. The summed E-state index contributed by atoms with van der Waals surface area (Å²) in [5, 5.41) is 13.8. The zero-order valence-corrected chi connectivity index (χ0v) is 22.0. The standard InChI is InChI=1S/C29H31N5O4/c1-18-16-22-20(26(35)36)12-8-14-23(22)34(18)27-31-24(30-17-19-10-6-5-7-11-19)21-13-9-15-33(25(21)32-27)28(37)38-29(2,3)4/h5-8,10-12,14,16H,9,13,15,17H2,1-4H3,(H,35,36)(H,30,31,32). The van der Waals surface area contributed by atoms with Crippen molar-refractivity contribution in [2.45, 2.75) is 52.7 Å². The van der Waals surface area contributed by atoms with Gasteiger partial charge in [0, 0.05) is 29.7 Å². The zero-order chi connectivity index (χ0) is 27.0. The molecule has 4 aromatic rings. The van der Waals surface area contributed by atoms with Gasteiger partial charge in [0.05, 0.1) is 11.1 Å². The minimum Gasteiger partial charge on any atom is -0.478 e. The molecule has 0 fully saturated rings. The van der Waals surface area contributed by atoms with Crippen LogP contribution >= 0.6 is 0 Å². The molecular formula is C29H31N5O4. The van der Waals surface area contributed by atoms with E-state index in [1.165, 1.54) is 0 Å². The average Bonchev–Trinajstić information content (AvgIpc) is 3.21. The average molecular weight is 514 g/mol. The lowest BCUT2D eigenvalue weighted by Crippen LogP contribution is -2.41. The highest BCUT2D eigenvalue weighted by Gasteiger charge is 2.31. The van der Waals surface area contributed by atoms with Gasteiger partial charge in [-0.15, -0.1) is 0 Å². The topological polar surface area (TPSA) is 110 Å². The second kappa shape index (κ2) is 9.81. The van der Waals surface area contributed by atoms with Crippen molar-refractivity contribution in [2.75, 3.05) is 16.8 Å². The van der Waals surface area contributed by atoms with Gasteiger partial charge in [-0.2, -0.15) is 9.97 Å². The Kier molecular flexibility index (Phi) is 6.52. The Morgan fingerprint density at radius 1 is 1.08 bits per heavy atom. The van der Waals surface area contributed by atoms with Crippen LogP contribution in [-0.4, -0.2) is 43.8 Å². The van der Waals surface area contributed by atoms with Crippen LogP contribution in [0.2, 0.25) is 0 Å². The van der Waals surface area contributed by atoms with Crippen molar-refractivity contribution in [1.29, 1.82) is 0 Å². The molecule has 2 aromatic heterocycles. The van der Waals surface area contributed by atoms with E-state index in [0.717, 1.165) is 23.2 Å². The van der Waals surface area contributed by atoms with Crippen LogP contribution < -0.4 is 10.2 Å². The lowest BCUT2D eigenvalue weighted by Gasteiger charge is -2.31. The molecule has 9 nitrogen and oxygen atoms in total. The Morgan fingerprint density at radius 2 is 1.84 bits per heavy atom. The molecule has 9 heteroatoms. The van der Waals surface area contributed by atoms with Gasteiger partial charge in [-0.1, -0.05) is 36.4 Å². The molecule has 0 saturated heterocycles. The molecule has 0 saturated carbocycles. The monoisotopic (exact) mass is 513 g/mol. The number of hydrogen-bond acceptors (Lipinski definition) is 6. The second-order valence-electron chi connectivity index (χ2n) is 10.4. The summed E-state index contributed by atoms with van der Waals surface area (Å²) in [6.45, 7) is 8.42. The molecule has 2 aromatic carbocycles. The Balaban J connectivity index is 1.66. The number of anilines is 2. The number of ether oxygens (including phenoxy) is 1. The number of benzene rings is 2. The summed E-state index contributed by atoms with van der Waals surface area (Å²) in [5.41, 5.74) is 2.95. The van der Waals surface area contributed by atoms with Crippen molar-refractivity contribution in [3.63, 3.8) is 0 Å². The minimum absolute atomic E-state index is 0.208. The van der Waals surface area contributed by atoms with Crippen molar-refractivity contribution in [3.8, 4) is 5.95 Å². The Morgan fingerprint density at radius 3 is 2.55 bits per heavy atom. The van der Waals surface area contributed by atoms with Gasteiger partial charge in [0.25, 0.3) is 0 Å². The predicted octanol–water partition coefficient (Wildman–Crippen LogP) is 5.73. The molecule has 0 spiro atoms. The third-order valence-electron chi connectivity index (χ3n) is 6.41. The predicted molar refractivity (Wildman–Crippen MR) is 146 cm³/mol. The number of fused-ring (bicyclic) bond motifs is 2. The molecular weight excluding hydrogens is 482 g/mol. The Labute approximate surface area is 221 Å².